The number of rotatable bonds is 10. The average molecular weight is 515 g/mol. The van der Waals surface area contributed by atoms with Crippen molar-refractivity contribution in [1.29, 1.82) is 0 Å². The minimum Gasteiger partial charge on any atom is -0.341 e. The predicted octanol–water partition coefficient (Wildman–Crippen LogP) is 6.88. The molecule has 2 aromatic rings. The summed E-state index contributed by atoms with van der Waals surface area (Å²) in [4.78, 5) is 27.9. The van der Waals surface area contributed by atoms with Crippen molar-refractivity contribution < 1.29 is 22.8 Å². The largest absolute Gasteiger partial charge is 0.416 e. The van der Waals surface area contributed by atoms with E-state index in [0.717, 1.165) is 56.6 Å². The van der Waals surface area contributed by atoms with E-state index in [-0.39, 0.29) is 11.5 Å². The van der Waals surface area contributed by atoms with Gasteiger partial charge in [-0.25, -0.2) is 0 Å². The maximum absolute atomic E-state index is 13.2. The van der Waals surface area contributed by atoms with Gasteiger partial charge in [-0.3, -0.25) is 9.59 Å². The molecule has 2 fully saturated rings. The topological polar surface area (TPSA) is 49.4 Å². The Kier molecular flexibility index (Phi) is 8.93. The Morgan fingerprint density at radius 1 is 0.946 bits per heavy atom. The van der Waals surface area contributed by atoms with Crippen molar-refractivity contribution in [1.82, 2.24) is 10.2 Å². The van der Waals surface area contributed by atoms with E-state index in [0.29, 0.717) is 25.4 Å². The molecule has 1 aliphatic carbocycles. The summed E-state index contributed by atoms with van der Waals surface area (Å²) in [5, 5.41) is 2.82. The molecular formula is C30H37F3N2O2. The Labute approximate surface area is 217 Å². The van der Waals surface area contributed by atoms with Gasteiger partial charge in [-0.15, -0.1) is 0 Å². The van der Waals surface area contributed by atoms with Crippen molar-refractivity contribution >= 4 is 11.8 Å². The summed E-state index contributed by atoms with van der Waals surface area (Å²) < 4.78 is 38.6. The molecule has 4 nitrogen and oxygen atoms in total. The summed E-state index contributed by atoms with van der Waals surface area (Å²) in [7, 11) is 0. The molecule has 0 spiro atoms. The fraction of sp³-hybridized carbons (Fsp3) is 0.533. The molecular weight excluding hydrogens is 477 g/mol. The Hall–Kier alpha value is -2.83. The van der Waals surface area contributed by atoms with Gasteiger partial charge in [0.05, 0.1) is 5.56 Å². The van der Waals surface area contributed by atoms with E-state index in [9.17, 15) is 22.8 Å². The number of aryl methyl sites for hydroxylation is 1. The van der Waals surface area contributed by atoms with Gasteiger partial charge >= 0.3 is 6.18 Å². The third-order valence-corrected chi connectivity index (χ3v) is 7.74. The number of hydrogen-bond acceptors (Lipinski definition) is 2. The predicted molar refractivity (Wildman–Crippen MR) is 138 cm³/mol. The van der Waals surface area contributed by atoms with Gasteiger partial charge in [-0.2, -0.15) is 13.2 Å². The number of nitrogens with one attached hydrogen (secondary N) is 1. The smallest absolute Gasteiger partial charge is 0.341 e. The first-order valence-electron chi connectivity index (χ1n) is 13.6. The quantitative estimate of drug-likeness (QED) is 0.352. The minimum atomic E-state index is -4.46. The fourth-order valence-electron chi connectivity index (χ4n) is 5.36. The number of carbonyl (C=O) groups is 2. The molecule has 2 amide bonds. The minimum absolute atomic E-state index is 0.0819. The lowest BCUT2D eigenvalue weighted by Gasteiger charge is -2.31. The Morgan fingerprint density at radius 3 is 2.27 bits per heavy atom. The summed E-state index contributed by atoms with van der Waals surface area (Å²) in [6.07, 6.45) is 4.38. The van der Waals surface area contributed by atoms with Gasteiger partial charge in [0.2, 0.25) is 5.91 Å². The van der Waals surface area contributed by atoms with Crippen molar-refractivity contribution in [3.05, 3.63) is 70.8 Å². The molecule has 0 radical (unpaired) electrons. The number of hydrogen-bond donors (Lipinski definition) is 1. The van der Waals surface area contributed by atoms with Crippen LogP contribution in [0.3, 0.4) is 0 Å². The summed E-state index contributed by atoms with van der Waals surface area (Å²) in [5.74, 6) is 0.800. The van der Waals surface area contributed by atoms with Gasteiger partial charge in [0.25, 0.3) is 5.91 Å². The molecule has 2 aliphatic rings. The van der Waals surface area contributed by atoms with Crippen LogP contribution < -0.4 is 5.32 Å². The summed E-state index contributed by atoms with van der Waals surface area (Å²) >= 11 is 0. The molecule has 37 heavy (non-hydrogen) atoms. The van der Waals surface area contributed by atoms with Crippen LogP contribution in [0.4, 0.5) is 13.2 Å². The SMILES string of the molecule is Cc1ccc([C@@H]2C[C@H]2CCCCC[C@H](NC(=O)c2ccc(C(F)(F)F)cc2)C(=O)N2CCCCC2)cc1. The van der Waals surface area contributed by atoms with Crippen molar-refractivity contribution in [2.45, 2.75) is 82.8 Å². The Bertz CT molecular complexity index is 1040. The molecule has 1 saturated carbocycles. The zero-order chi connectivity index (χ0) is 26.4. The van der Waals surface area contributed by atoms with Gasteiger partial charge in [0.15, 0.2) is 0 Å². The van der Waals surface area contributed by atoms with E-state index in [1.807, 2.05) is 4.90 Å². The zero-order valence-corrected chi connectivity index (χ0v) is 21.5. The van der Waals surface area contributed by atoms with E-state index in [1.165, 1.54) is 36.1 Å². The van der Waals surface area contributed by atoms with Crippen LogP contribution in [-0.2, 0) is 11.0 Å². The molecule has 3 atom stereocenters. The lowest BCUT2D eigenvalue weighted by atomic mass is 10.0. The second-order valence-electron chi connectivity index (χ2n) is 10.6. The first-order valence-corrected chi connectivity index (χ1v) is 13.6. The molecule has 1 saturated heterocycles. The van der Waals surface area contributed by atoms with Crippen molar-refractivity contribution in [3.8, 4) is 0 Å². The van der Waals surface area contributed by atoms with Crippen LogP contribution in [0.1, 0.15) is 90.8 Å². The first kappa shape index (κ1) is 27.2. The second kappa shape index (κ2) is 12.1. The highest BCUT2D eigenvalue weighted by Crippen LogP contribution is 2.50. The van der Waals surface area contributed by atoms with Gasteiger partial charge in [-0.1, -0.05) is 49.1 Å². The van der Waals surface area contributed by atoms with Crippen molar-refractivity contribution in [2.24, 2.45) is 5.92 Å². The van der Waals surface area contributed by atoms with Crippen LogP contribution in [0.25, 0.3) is 0 Å². The normalized spacial score (nSPS) is 20.4. The lowest BCUT2D eigenvalue weighted by Crippen LogP contribution is -2.50. The molecule has 0 aromatic heterocycles. The third-order valence-electron chi connectivity index (χ3n) is 7.74. The molecule has 1 heterocycles. The number of piperidine rings is 1. The molecule has 7 heteroatoms. The zero-order valence-electron chi connectivity index (χ0n) is 21.5. The first-order chi connectivity index (χ1) is 17.7. The highest BCUT2D eigenvalue weighted by molar-refractivity contribution is 5.97. The molecule has 1 N–H and O–H groups in total. The highest BCUT2D eigenvalue weighted by atomic mass is 19.4. The second-order valence-corrected chi connectivity index (χ2v) is 10.6. The monoisotopic (exact) mass is 514 g/mol. The molecule has 200 valence electrons. The number of nitrogens with zero attached hydrogens (tertiary/aromatic N) is 1. The third kappa shape index (κ3) is 7.59. The standard InChI is InChI=1S/C30H37F3N2O2/c1-21-10-12-22(13-11-21)26-20-24(26)8-4-2-5-9-27(29(37)35-18-6-3-7-19-35)34-28(36)23-14-16-25(17-15-23)30(31,32)33/h10-17,24,26-27H,2-9,18-20H2,1H3,(H,34,36)/t24-,26+,27+/m1/s1. The van der Waals surface area contributed by atoms with E-state index >= 15 is 0 Å². The number of halogens is 3. The van der Waals surface area contributed by atoms with Crippen LogP contribution in [-0.4, -0.2) is 35.8 Å². The number of likely N-dealkylation sites (tertiary alicyclic amines) is 1. The molecule has 0 unspecified atom stereocenters. The molecule has 4 rings (SSSR count). The number of alkyl halides is 3. The molecule has 0 bridgehead atoms. The maximum atomic E-state index is 13.2. The molecule has 1 aliphatic heterocycles. The molecule has 2 aromatic carbocycles. The van der Waals surface area contributed by atoms with E-state index in [4.69, 9.17) is 0 Å². The van der Waals surface area contributed by atoms with Crippen LogP contribution in [0.15, 0.2) is 48.5 Å². The number of benzene rings is 2. The summed E-state index contributed by atoms with van der Waals surface area (Å²) in [5.41, 5.74) is 2.03. The maximum Gasteiger partial charge on any atom is 0.416 e. The fourth-order valence-corrected chi connectivity index (χ4v) is 5.36. The van der Waals surface area contributed by atoms with Crippen LogP contribution in [0.5, 0.6) is 0 Å². The van der Waals surface area contributed by atoms with Crippen LogP contribution in [0.2, 0.25) is 0 Å². The number of amides is 2. The number of unbranched alkanes of at least 4 members (excludes halogenated alkanes) is 2. The van der Waals surface area contributed by atoms with E-state index in [2.05, 4.69) is 36.5 Å². The van der Waals surface area contributed by atoms with Gasteiger partial charge in [-0.05, 0) is 87.1 Å². The van der Waals surface area contributed by atoms with Gasteiger partial charge in [0, 0.05) is 18.7 Å². The van der Waals surface area contributed by atoms with E-state index in [1.54, 1.807) is 0 Å². The van der Waals surface area contributed by atoms with Crippen LogP contribution in [0, 0.1) is 12.8 Å². The highest BCUT2D eigenvalue weighted by Gasteiger charge is 2.37. The summed E-state index contributed by atoms with van der Waals surface area (Å²) in [6.45, 7) is 3.48. The summed E-state index contributed by atoms with van der Waals surface area (Å²) in [6, 6.07) is 12.3. The van der Waals surface area contributed by atoms with Crippen molar-refractivity contribution in [3.63, 3.8) is 0 Å². The van der Waals surface area contributed by atoms with E-state index < -0.39 is 23.7 Å². The number of carbonyl (C=O) groups excluding carboxylic acids is 2. The average Bonchev–Trinajstić information content (AvgIpc) is 3.67. The lowest BCUT2D eigenvalue weighted by molar-refractivity contribution is -0.137. The Balaban J connectivity index is 1.28. The Morgan fingerprint density at radius 2 is 1.62 bits per heavy atom. The van der Waals surface area contributed by atoms with Crippen molar-refractivity contribution in [2.75, 3.05) is 13.1 Å². The van der Waals surface area contributed by atoms with Crippen LogP contribution >= 0.6 is 0 Å². The van der Waals surface area contributed by atoms with Gasteiger partial charge in [0.1, 0.15) is 6.04 Å². The van der Waals surface area contributed by atoms with Gasteiger partial charge < -0.3 is 10.2 Å².